The average Bonchev–Trinajstić information content (AvgIpc) is 2.49. The van der Waals surface area contributed by atoms with Gasteiger partial charge in [0.05, 0.1) is 25.5 Å². The van der Waals surface area contributed by atoms with E-state index in [0.717, 1.165) is 11.3 Å². The predicted octanol–water partition coefficient (Wildman–Crippen LogP) is 1.44. The lowest BCUT2D eigenvalue weighted by atomic mass is 10.0. The van der Waals surface area contributed by atoms with Gasteiger partial charge in [0, 0.05) is 6.07 Å². The zero-order valence-electron chi connectivity index (χ0n) is 11.5. The Morgan fingerprint density at radius 1 is 1.25 bits per heavy atom. The van der Waals surface area contributed by atoms with E-state index >= 15 is 0 Å². The molecule has 0 aliphatic heterocycles. The monoisotopic (exact) mass is 274 g/mol. The molecule has 0 radical (unpaired) electrons. The predicted molar refractivity (Wildman–Crippen MR) is 75.4 cm³/mol. The van der Waals surface area contributed by atoms with E-state index in [0.29, 0.717) is 18.2 Å². The molecule has 0 fully saturated rings. The van der Waals surface area contributed by atoms with E-state index in [-0.39, 0.29) is 6.04 Å². The highest BCUT2D eigenvalue weighted by Crippen LogP contribution is 2.23. The standard InChI is InChI=1S/C14H18N4O2/c1-3-20-11-6-4-5-10(9-11)14(16-15)12-7-8-13(19-2)18-17-12/h4-9,14,16H,3,15H2,1-2H3. The number of ether oxygens (including phenoxy) is 2. The molecule has 20 heavy (non-hydrogen) atoms. The SMILES string of the molecule is CCOc1cccc(C(NN)c2ccc(OC)nn2)c1. The highest BCUT2D eigenvalue weighted by atomic mass is 16.5. The third-order valence-corrected chi connectivity index (χ3v) is 2.83. The molecule has 1 heterocycles. The molecule has 1 aromatic heterocycles. The Hall–Kier alpha value is -2.18. The van der Waals surface area contributed by atoms with Gasteiger partial charge in [-0.1, -0.05) is 12.1 Å². The first-order valence-corrected chi connectivity index (χ1v) is 6.35. The molecule has 106 valence electrons. The van der Waals surface area contributed by atoms with Crippen LogP contribution < -0.4 is 20.7 Å². The summed E-state index contributed by atoms with van der Waals surface area (Å²) in [6.07, 6.45) is 0. The lowest BCUT2D eigenvalue weighted by molar-refractivity contribution is 0.339. The van der Waals surface area contributed by atoms with E-state index in [4.69, 9.17) is 15.3 Å². The highest BCUT2D eigenvalue weighted by Gasteiger charge is 2.15. The van der Waals surface area contributed by atoms with Crippen LogP contribution in [0, 0.1) is 0 Å². The van der Waals surface area contributed by atoms with E-state index < -0.39 is 0 Å². The molecule has 0 spiro atoms. The van der Waals surface area contributed by atoms with Gasteiger partial charge in [-0.05, 0) is 30.7 Å². The van der Waals surface area contributed by atoms with Gasteiger partial charge in [0.2, 0.25) is 5.88 Å². The summed E-state index contributed by atoms with van der Waals surface area (Å²) in [5, 5.41) is 8.07. The van der Waals surface area contributed by atoms with Crippen LogP contribution in [-0.2, 0) is 0 Å². The zero-order valence-corrected chi connectivity index (χ0v) is 11.5. The Morgan fingerprint density at radius 2 is 2.10 bits per heavy atom. The van der Waals surface area contributed by atoms with Crippen LogP contribution in [0.4, 0.5) is 0 Å². The van der Waals surface area contributed by atoms with E-state index in [2.05, 4.69) is 15.6 Å². The van der Waals surface area contributed by atoms with Crippen LogP contribution in [0.15, 0.2) is 36.4 Å². The Morgan fingerprint density at radius 3 is 2.70 bits per heavy atom. The van der Waals surface area contributed by atoms with Gasteiger partial charge in [0.1, 0.15) is 5.75 Å². The van der Waals surface area contributed by atoms with Crippen molar-refractivity contribution in [3.63, 3.8) is 0 Å². The maximum Gasteiger partial charge on any atom is 0.233 e. The van der Waals surface area contributed by atoms with Gasteiger partial charge in [0.15, 0.2) is 0 Å². The van der Waals surface area contributed by atoms with E-state index in [1.165, 1.54) is 0 Å². The van der Waals surface area contributed by atoms with Crippen LogP contribution in [0.2, 0.25) is 0 Å². The van der Waals surface area contributed by atoms with Crippen LogP contribution in [0.25, 0.3) is 0 Å². The van der Waals surface area contributed by atoms with Gasteiger partial charge in [-0.25, -0.2) is 5.43 Å². The van der Waals surface area contributed by atoms with Gasteiger partial charge in [0.25, 0.3) is 0 Å². The average molecular weight is 274 g/mol. The van der Waals surface area contributed by atoms with Crippen molar-refractivity contribution in [1.29, 1.82) is 0 Å². The lowest BCUT2D eigenvalue weighted by Crippen LogP contribution is -2.29. The summed E-state index contributed by atoms with van der Waals surface area (Å²) >= 11 is 0. The second-order valence-corrected chi connectivity index (χ2v) is 4.11. The maximum absolute atomic E-state index is 5.64. The number of hydrogen-bond acceptors (Lipinski definition) is 6. The van der Waals surface area contributed by atoms with E-state index in [9.17, 15) is 0 Å². The maximum atomic E-state index is 5.64. The van der Waals surface area contributed by atoms with Crippen molar-refractivity contribution in [2.24, 2.45) is 5.84 Å². The molecule has 0 bridgehead atoms. The van der Waals surface area contributed by atoms with Crippen molar-refractivity contribution in [3.05, 3.63) is 47.7 Å². The summed E-state index contributed by atoms with van der Waals surface area (Å²) < 4.78 is 10.5. The van der Waals surface area contributed by atoms with Crippen molar-refractivity contribution < 1.29 is 9.47 Å². The fourth-order valence-electron chi connectivity index (χ4n) is 1.90. The summed E-state index contributed by atoms with van der Waals surface area (Å²) in [5.74, 6) is 6.90. The number of hydrazine groups is 1. The number of nitrogens with one attached hydrogen (secondary N) is 1. The van der Waals surface area contributed by atoms with Crippen molar-refractivity contribution in [2.45, 2.75) is 13.0 Å². The van der Waals surface area contributed by atoms with Crippen molar-refractivity contribution in [1.82, 2.24) is 15.6 Å². The molecule has 0 saturated heterocycles. The summed E-state index contributed by atoms with van der Waals surface area (Å²) in [7, 11) is 1.55. The van der Waals surface area contributed by atoms with Crippen molar-refractivity contribution in [2.75, 3.05) is 13.7 Å². The minimum absolute atomic E-state index is 0.256. The molecule has 0 saturated carbocycles. The number of hydrogen-bond donors (Lipinski definition) is 2. The number of nitrogens with two attached hydrogens (primary N) is 1. The topological polar surface area (TPSA) is 82.3 Å². The van der Waals surface area contributed by atoms with E-state index in [1.807, 2.05) is 37.3 Å². The molecule has 2 aromatic rings. The first-order valence-electron chi connectivity index (χ1n) is 6.35. The molecule has 1 unspecified atom stereocenters. The van der Waals surface area contributed by atoms with E-state index in [1.54, 1.807) is 13.2 Å². The minimum Gasteiger partial charge on any atom is -0.494 e. The Balaban J connectivity index is 2.28. The molecular weight excluding hydrogens is 256 g/mol. The van der Waals surface area contributed by atoms with Crippen LogP contribution in [-0.4, -0.2) is 23.9 Å². The lowest BCUT2D eigenvalue weighted by Gasteiger charge is -2.16. The molecule has 6 nitrogen and oxygen atoms in total. The largest absolute Gasteiger partial charge is 0.494 e. The zero-order chi connectivity index (χ0) is 14.4. The Labute approximate surface area is 117 Å². The van der Waals surface area contributed by atoms with Crippen LogP contribution in [0.1, 0.15) is 24.2 Å². The Bertz CT molecular complexity index is 545. The molecule has 1 aromatic carbocycles. The normalized spacial score (nSPS) is 11.9. The van der Waals surface area contributed by atoms with Gasteiger partial charge in [-0.3, -0.25) is 5.84 Å². The van der Waals surface area contributed by atoms with Crippen LogP contribution >= 0.6 is 0 Å². The summed E-state index contributed by atoms with van der Waals surface area (Å²) in [4.78, 5) is 0. The number of rotatable bonds is 6. The third-order valence-electron chi connectivity index (χ3n) is 2.83. The molecule has 2 rings (SSSR count). The first kappa shape index (κ1) is 14.2. The summed E-state index contributed by atoms with van der Waals surface area (Å²) in [6.45, 7) is 2.56. The molecule has 0 amide bonds. The molecule has 0 aliphatic rings. The summed E-state index contributed by atoms with van der Waals surface area (Å²) in [5.41, 5.74) is 4.41. The molecule has 0 aliphatic carbocycles. The minimum atomic E-state index is -0.256. The fraction of sp³-hybridized carbons (Fsp3) is 0.286. The van der Waals surface area contributed by atoms with Gasteiger partial charge >= 0.3 is 0 Å². The number of nitrogens with zero attached hydrogens (tertiary/aromatic N) is 2. The number of benzene rings is 1. The van der Waals surface area contributed by atoms with Gasteiger partial charge in [-0.2, -0.15) is 0 Å². The molecule has 6 heteroatoms. The molecule has 1 atom stereocenters. The number of methoxy groups -OCH3 is 1. The first-order chi connectivity index (χ1) is 9.78. The van der Waals surface area contributed by atoms with Crippen molar-refractivity contribution >= 4 is 0 Å². The third kappa shape index (κ3) is 3.23. The fourth-order valence-corrected chi connectivity index (χ4v) is 1.90. The van der Waals surface area contributed by atoms with Crippen molar-refractivity contribution in [3.8, 4) is 11.6 Å². The quantitative estimate of drug-likeness (QED) is 0.612. The molecule has 3 N–H and O–H groups in total. The summed E-state index contributed by atoms with van der Waals surface area (Å²) in [6, 6.07) is 11.0. The second kappa shape index (κ2) is 6.83. The second-order valence-electron chi connectivity index (χ2n) is 4.11. The smallest absolute Gasteiger partial charge is 0.233 e. The molecular formula is C14H18N4O2. The Kier molecular flexibility index (Phi) is 4.86. The van der Waals surface area contributed by atoms with Crippen LogP contribution in [0.5, 0.6) is 11.6 Å². The van der Waals surface area contributed by atoms with Gasteiger partial charge < -0.3 is 9.47 Å². The van der Waals surface area contributed by atoms with Crippen LogP contribution in [0.3, 0.4) is 0 Å². The van der Waals surface area contributed by atoms with Gasteiger partial charge in [-0.15, -0.1) is 10.2 Å². The number of aromatic nitrogens is 2. The highest BCUT2D eigenvalue weighted by molar-refractivity contribution is 5.34.